The second kappa shape index (κ2) is 10.1. The van der Waals surface area contributed by atoms with Crippen molar-refractivity contribution in [3.63, 3.8) is 0 Å². The Kier molecular flexibility index (Phi) is 8.43. The number of carbonyl (C=O) groups is 3. The molecule has 0 aromatic heterocycles. The Morgan fingerprint density at radius 3 is 2.61 bits per heavy atom. The highest BCUT2D eigenvalue weighted by molar-refractivity contribution is 6.43. The Morgan fingerprint density at radius 2 is 1.91 bits per heavy atom. The molecule has 126 valence electrons. The third-order valence-corrected chi connectivity index (χ3v) is 3.51. The third kappa shape index (κ3) is 6.88. The molecule has 6 nitrogen and oxygen atoms in total. The highest BCUT2D eigenvalue weighted by Gasteiger charge is 2.15. The maximum absolute atomic E-state index is 11.8. The minimum absolute atomic E-state index is 0.0778. The standard InChI is InChI=1S/C15H17Cl2NO5/c1-2-22-13(20)7-4-8-18-12(19)9-23-15(21)10-5-3-6-11(16)14(10)17/h3,5-6H,2,4,7-9H2,1H3,(H,18,19). The molecular weight excluding hydrogens is 345 g/mol. The molecule has 23 heavy (non-hydrogen) atoms. The predicted molar refractivity (Wildman–Crippen MR) is 85.6 cm³/mol. The van der Waals surface area contributed by atoms with Crippen LogP contribution in [0.15, 0.2) is 18.2 Å². The van der Waals surface area contributed by atoms with E-state index in [9.17, 15) is 14.4 Å². The fourth-order valence-corrected chi connectivity index (χ4v) is 1.99. The van der Waals surface area contributed by atoms with E-state index in [1.165, 1.54) is 12.1 Å². The lowest BCUT2D eigenvalue weighted by atomic mass is 10.2. The monoisotopic (exact) mass is 361 g/mol. The topological polar surface area (TPSA) is 81.7 Å². The first kappa shape index (κ1) is 19.3. The summed E-state index contributed by atoms with van der Waals surface area (Å²) in [5.41, 5.74) is 0.0919. The summed E-state index contributed by atoms with van der Waals surface area (Å²) in [6.07, 6.45) is 0.657. The highest BCUT2D eigenvalue weighted by atomic mass is 35.5. The van der Waals surface area contributed by atoms with Crippen molar-refractivity contribution in [3.8, 4) is 0 Å². The zero-order valence-electron chi connectivity index (χ0n) is 12.6. The van der Waals surface area contributed by atoms with E-state index in [4.69, 9.17) is 32.7 Å². The van der Waals surface area contributed by atoms with Crippen LogP contribution in [0.25, 0.3) is 0 Å². The SMILES string of the molecule is CCOC(=O)CCCNC(=O)COC(=O)c1cccc(Cl)c1Cl. The summed E-state index contributed by atoms with van der Waals surface area (Å²) in [5, 5.41) is 2.83. The van der Waals surface area contributed by atoms with Gasteiger partial charge in [0, 0.05) is 13.0 Å². The largest absolute Gasteiger partial charge is 0.466 e. The number of halogens is 2. The van der Waals surface area contributed by atoms with E-state index in [-0.39, 0.29) is 34.5 Å². The average molecular weight is 362 g/mol. The number of ether oxygens (including phenoxy) is 2. The summed E-state index contributed by atoms with van der Waals surface area (Å²) in [6, 6.07) is 4.55. The van der Waals surface area contributed by atoms with Gasteiger partial charge in [-0.3, -0.25) is 9.59 Å². The molecule has 0 spiro atoms. The molecule has 0 aliphatic rings. The van der Waals surface area contributed by atoms with Crippen LogP contribution in [-0.2, 0) is 19.1 Å². The molecule has 8 heteroatoms. The van der Waals surface area contributed by atoms with E-state index in [0.29, 0.717) is 13.0 Å². The molecule has 0 aliphatic heterocycles. The Labute approximate surface area is 144 Å². The van der Waals surface area contributed by atoms with Gasteiger partial charge in [0.1, 0.15) is 0 Å². The molecule has 0 saturated carbocycles. The van der Waals surface area contributed by atoms with Gasteiger partial charge in [0.2, 0.25) is 0 Å². The number of benzene rings is 1. The molecule has 0 heterocycles. The quantitative estimate of drug-likeness (QED) is 0.568. The Balaban J connectivity index is 2.29. The summed E-state index contributed by atoms with van der Waals surface area (Å²) >= 11 is 11.7. The molecule has 1 rings (SSSR count). The zero-order chi connectivity index (χ0) is 17.2. The van der Waals surface area contributed by atoms with Crippen molar-refractivity contribution < 1.29 is 23.9 Å². The van der Waals surface area contributed by atoms with Crippen LogP contribution in [0.4, 0.5) is 0 Å². The molecule has 0 atom stereocenters. The van der Waals surface area contributed by atoms with Crippen LogP contribution in [0, 0.1) is 0 Å². The molecule has 1 aromatic carbocycles. The zero-order valence-corrected chi connectivity index (χ0v) is 14.1. The first-order chi connectivity index (χ1) is 11.0. The normalized spacial score (nSPS) is 10.0. The summed E-state index contributed by atoms with van der Waals surface area (Å²) in [7, 11) is 0. The van der Waals surface area contributed by atoms with Crippen LogP contribution in [-0.4, -0.2) is 37.6 Å². The smallest absolute Gasteiger partial charge is 0.340 e. The van der Waals surface area contributed by atoms with Gasteiger partial charge in [-0.25, -0.2) is 4.79 Å². The van der Waals surface area contributed by atoms with Crippen molar-refractivity contribution in [2.45, 2.75) is 19.8 Å². The number of rotatable bonds is 8. The molecule has 0 bridgehead atoms. The van der Waals surface area contributed by atoms with Crippen LogP contribution in [0.3, 0.4) is 0 Å². The van der Waals surface area contributed by atoms with E-state index in [2.05, 4.69) is 5.32 Å². The molecule has 1 N–H and O–H groups in total. The maximum atomic E-state index is 11.8. The van der Waals surface area contributed by atoms with E-state index in [1.807, 2.05) is 0 Å². The van der Waals surface area contributed by atoms with Crippen molar-refractivity contribution >= 4 is 41.0 Å². The number of hydrogen-bond donors (Lipinski definition) is 1. The van der Waals surface area contributed by atoms with Gasteiger partial charge in [-0.05, 0) is 25.5 Å². The second-order valence-corrected chi connectivity index (χ2v) is 5.22. The van der Waals surface area contributed by atoms with Crippen LogP contribution >= 0.6 is 23.2 Å². The van der Waals surface area contributed by atoms with Gasteiger partial charge in [-0.2, -0.15) is 0 Å². The lowest BCUT2D eigenvalue weighted by Gasteiger charge is -2.08. The lowest BCUT2D eigenvalue weighted by molar-refractivity contribution is -0.143. The molecule has 0 radical (unpaired) electrons. The molecular formula is C15H17Cl2NO5. The van der Waals surface area contributed by atoms with E-state index in [1.54, 1.807) is 13.0 Å². The van der Waals surface area contributed by atoms with Crippen LogP contribution in [0.1, 0.15) is 30.1 Å². The van der Waals surface area contributed by atoms with Crippen LogP contribution in [0.5, 0.6) is 0 Å². The third-order valence-electron chi connectivity index (χ3n) is 2.69. The van der Waals surface area contributed by atoms with Gasteiger partial charge in [0.05, 0.1) is 22.2 Å². The van der Waals surface area contributed by atoms with Crippen molar-refractivity contribution in [1.29, 1.82) is 0 Å². The number of esters is 2. The summed E-state index contributed by atoms with van der Waals surface area (Å²) in [5.74, 6) is -1.52. The lowest BCUT2D eigenvalue weighted by Crippen LogP contribution is -2.30. The number of carbonyl (C=O) groups excluding carboxylic acids is 3. The fraction of sp³-hybridized carbons (Fsp3) is 0.400. The molecule has 1 amide bonds. The van der Waals surface area contributed by atoms with E-state index in [0.717, 1.165) is 0 Å². The van der Waals surface area contributed by atoms with Crippen LogP contribution < -0.4 is 5.32 Å². The fourth-order valence-electron chi connectivity index (χ4n) is 1.62. The van der Waals surface area contributed by atoms with Gasteiger partial charge >= 0.3 is 11.9 Å². The summed E-state index contributed by atoms with van der Waals surface area (Å²) in [4.78, 5) is 34.4. The Hall–Kier alpha value is -1.79. The summed E-state index contributed by atoms with van der Waals surface area (Å²) in [6.45, 7) is 1.89. The van der Waals surface area contributed by atoms with Gasteiger partial charge in [-0.15, -0.1) is 0 Å². The van der Waals surface area contributed by atoms with Gasteiger partial charge < -0.3 is 14.8 Å². The Bertz CT molecular complexity index is 577. The summed E-state index contributed by atoms with van der Waals surface area (Å²) < 4.78 is 9.61. The van der Waals surface area contributed by atoms with Crippen molar-refractivity contribution in [2.24, 2.45) is 0 Å². The van der Waals surface area contributed by atoms with E-state index < -0.39 is 18.5 Å². The van der Waals surface area contributed by atoms with Gasteiger partial charge in [0.25, 0.3) is 5.91 Å². The van der Waals surface area contributed by atoms with Crippen molar-refractivity contribution in [3.05, 3.63) is 33.8 Å². The first-order valence-corrected chi connectivity index (χ1v) is 7.74. The molecule has 0 aliphatic carbocycles. The average Bonchev–Trinajstić information content (AvgIpc) is 2.52. The molecule has 0 saturated heterocycles. The predicted octanol–water partition coefficient (Wildman–Crippen LogP) is 2.61. The second-order valence-electron chi connectivity index (χ2n) is 4.44. The van der Waals surface area contributed by atoms with Gasteiger partial charge in [0.15, 0.2) is 6.61 Å². The Morgan fingerprint density at radius 1 is 1.17 bits per heavy atom. The molecule has 0 fully saturated rings. The minimum atomic E-state index is -0.737. The van der Waals surface area contributed by atoms with Gasteiger partial charge in [-0.1, -0.05) is 29.3 Å². The number of hydrogen-bond acceptors (Lipinski definition) is 5. The van der Waals surface area contributed by atoms with Crippen molar-refractivity contribution in [2.75, 3.05) is 19.8 Å². The number of amides is 1. The highest BCUT2D eigenvalue weighted by Crippen LogP contribution is 2.25. The number of nitrogens with one attached hydrogen (secondary N) is 1. The van der Waals surface area contributed by atoms with E-state index >= 15 is 0 Å². The molecule has 1 aromatic rings. The first-order valence-electron chi connectivity index (χ1n) is 6.99. The van der Waals surface area contributed by atoms with Crippen LogP contribution in [0.2, 0.25) is 10.0 Å². The minimum Gasteiger partial charge on any atom is -0.466 e. The van der Waals surface area contributed by atoms with Crippen molar-refractivity contribution in [1.82, 2.24) is 5.32 Å². The maximum Gasteiger partial charge on any atom is 0.340 e. The molecule has 0 unspecified atom stereocenters.